The molecule has 0 aliphatic carbocycles. The summed E-state index contributed by atoms with van der Waals surface area (Å²) in [6.45, 7) is 6.43. The van der Waals surface area contributed by atoms with E-state index in [0.717, 1.165) is 5.69 Å². The van der Waals surface area contributed by atoms with Gasteiger partial charge in [-0.25, -0.2) is 4.68 Å². The highest BCUT2D eigenvalue weighted by Gasteiger charge is 2.17. The lowest BCUT2D eigenvalue weighted by Crippen LogP contribution is -2.29. The smallest absolute Gasteiger partial charge is 0.270 e. The topological polar surface area (TPSA) is 60.9 Å². The summed E-state index contributed by atoms with van der Waals surface area (Å²) < 4.78 is 1.35. The molecule has 0 aliphatic rings. The molecule has 0 fully saturated rings. The predicted molar refractivity (Wildman–Crippen MR) is 56.1 cm³/mol. The molecule has 0 atom stereocenters. The molecule has 1 aromatic heterocycles. The van der Waals surface area contributed by atoms with E-state index in [1.807, 2.05) is 0 Å². The number of hydrogen-bond donors (Lipinski definition) is 1. The van der Waals surface area contributed by atoms with Crippen LogP contribution in [0.5, 0.6) is 0 Å². The minimum absolute atomic E-state index is 0.0601. The van der Waals surface area contributed by atoms with Crippen LogP contribution in [0.4, 0.5) is 0 Å². The van der Waals surface area contributed by atoms with Gasteiger partial charge >= 0.3 is 0 Å². The Morgan fingerprint density at radius 3 is 2.50 bits per heavy atom. The highest BCUT2D eigenvalue weighted by molar-refractivity contribution is 5.18. The lowest BCUT2D eigenvalue weighted by atomic mass is 9.91. The Labute approximate surface area is 83.7 Å². The van der Waals surface area contributed by atoms with Gasteiger partial charge in [0.15, 0.2) is 0 Å². The average Bonchev–Trinajstić information content (AvgIpc) is 2.07. The van der Waals surface area contributed by atoms with Gasteiger partial charge in [0, 0.05) is 24.6 Å². The van der Waals surface area contributed by atoms with E-state index < -0.39 is 0 Å². The van der Waals surface area contributed by atoms with E-state index in [2.05, 4.69) is 25.9 Å². The molecule has 0 spiro atoms. The maximum atomic E-state index is 11.5. The summed E-state index contributed by atoms with van der Waals surface area (Å²) in [4.78, 5) is 11.5. The van der Waals surface area contributed by atoms with Crippen LogP contribution in [0.3, 0.4) is 0 Å². The second-order valence-corrected chi connectivity index (χ2v) is 4.44. The Kier molecular flexibility index (Phi) is 2.76. The van der Waals surface area contributed by atoms with Crippen LogP contribution in [0.2, 0.25) is 0 Å². The van der Waals surface area contributed by atoms with Crippen LogP contribution in [0.15, 0.2) is 10.9 Å². The van der Waals surface area contributed by atoms with Crippen molar-refractivity contribution < 1.29 is 0 Å². The summed E-state index contributed by atoms with van der Waals surface area (Å²) in [6.07, 6.45) is 0. The number of aromatic nitrogens is 2. The third kappa shape index (κ3) is 2.01. The monoisotopic (exact) mass is 195 g/mol. The third-order valence-corrected chi connectivity index (χ3v) is 2.13. The molecule has 0 radical (unpaired) electrons. The first-order chi connectivity index (χ1) is 6.36. The fourth-order valence-electron chi connectivity index (χ4n) is 1.18. The van der Waals surface area contributed by atoms with Gasteiger partial charge in [0.1, 0.15) is 0 Å². The average molecular weight is 195 g/mol. The summed E-state index contributed by atoms with van der Waals surface area (Å²) in [5.41, 5.74) is 6.83. The molecule has 14 heavy (non-hydrogen) atoms. The predicted octanol–water partition coefficient (Wildman–Crippen LogP) is 0.537. The maximum absolute atomic E-state index is 11.5. The number of nitrogens with zero attached hydrogens (tertiary/aromatic N) is 2. The van der Waals surface area contributed by atoms with Gasteiger partial charge in [-0.05, 0) is 6.07 Å². The van der Waals surface area contributed by atoms with E-state index in [0.29, 0.717) is 5.56 Å². The lowest BCUT2D eigenvalue weighted by Gasteiger charge is -2.18. The van der Waals surface area contributed by atoms with Gasteiger partial charge < -0.3 is 5.73 Å². The van der Waals surface area contributed by atoms with Crippen molar-refractivity contribution in [3.63, 3.8) is 0 Å². The van der Waals surface area contributed by atoms with Crippen molar-refractivity contribution in [1.82, 2.24) is 9.78 Å². The Bertz CT molecular complexity index is 387. The van der Waals surface area contributed by atoms with Gasteiger partial charge in [-0.1, -0.05) is 20.8 Å². The van der Waals surface area contributed by atoms with Crippen LogP contribution < -0.4 is 11.3 Å². The minimum Gasteiger partial charge on any atom is -0.326 e. The Morgan fingerprint density at radius 1 is 1.50 bits per heavy atom. The van der Waals surface area contributed by atoms with Gasteiger partial charge in [-0.2, -0.15) is 5.10 Å². The number of nitrogens with two attached hydrogens (primary N) is 1. The number of aryl methyl sites for hydroxylation is 1. The zero-order valence-corrected chi connectivity index (χ0v) is 9.16. The summed E-state index contributed by atoms with van der Waals surface area (Å²) in [5.74, 6) is 0. The third-order valence-electron chi connectivity index (χ3n) is 2.13. The highest BCUT2D eigenvalue weighted by Crippen LogP contribution is 2.18. The zero-order valence-electron chi connectivity index (χ0n) is 9.16. The molecular formula is C10H17N3O. The molecule has 0 amide bonds. The molecule has 4 heteroatoms. The Balaban J connectivity index is 3.38. The number of rotatable bonds is 1. The van der Waals surface area contributed by atoms with E-state index in [-0.39, 0.29) is 17.5 Å². The molecule has 1 rings (SSSR count). The molecule has 4 nitrogen and oxygen atoms in total. The highest BCUT2D eigenvalue weighted by atomic mass is 16.1. The molecule has 0 unspecified atom stereocenters. The van der Waals surface area contributed by atoms with Crippen molar-refractivity contribution in [2.24, 2.45) is 12.8 Å². The van der Waals surface area contributed by atoms with Crippen LogP contribution in [-0.4, -0.2) is 9.78 Å². The molecular weight excluding hydrogens is 178 g/mol. The summed E-state index contributed by atoms with van der Waals surface area (Å²) >= 11 is 0. The van der Waals surface area contributed by atoms with Crippen molar-refractivity contribution in [3.8, 4) is 0 Å². The lowest BCUT2D eigenvalue weighted by molar-refractivity contribution is 0.527. The molecule has 1 aromatic rings. The van der Waals surface area contributed by atoms with Gasteiger partial charge in [0.05, 0.1) is 5.69 Å². The Morgan fingerprint density at radius 2 is 2.07 bits per heavy atom. The molecule has 0 bridgehead atoms. The van der Waals surface area contributed by atoms with E-state index in [1.165, 1.54) is 4.68 Å². The van der Waals surface area contributed by atoms with Crippen LogP contribution in [-0.2, 0) is 19.0 Å². The van der Waals surface area contributed by atoms with Crippen molar-refractivity contribution in [2.75, 3.05) is 0 Å². The van der Waals surface area contributed by atoms with Crippen molar-refractivity contribution >= 4 is 0 Å². The largest absolute Gasteiger partial charge is 0.326 e. The van der Waals surface area contributed by atoms with Gasteiger partial charge in [-0.3, -0.25) is 4.79 Å². The van der Waals surface area contributed by atoms with Gasteiger partial charge in [-0.15, -0.1) is 0 Å². The molecule has 78 valence electrons. The van der Waals surface area contributed by atoms with Crippen LogP contribution in [0.1, 0.15) is 32.0 Å². The second kappa shape index (κ2) is 3.53. The molecule has 2 N–H and O–H groups in total. The SMILES string of the molecule is Cn1nc(C(C)(C)C)cc(CN)c1=O. The first-order valence-corrected chi connectivity index (χ1v) is 4.64. The fraction of sp³-hybridized carbons (Fsp3) is 0.600. The molecule has 0 saturated heterocycles. The van der Waals surface area contributed by atoms with E-state index in [9.17, 15) is 4.79 Å². The summed E-state index contributed by atoms with van der Waals surface area (Å²) in [6, 6.07) is 1.79. The Hall–Kier alpha value is -1.16. The zero-order chi connectivity index (χ0) is 10.9. The quantitative estimate of drug-likeness (QED) is 0.711. The summed E-state index contributed by atoms with van der Waals surface area (Å²) in [7, 11) is 1.65. The molecule has 0 saturated carbocycles. The normalized spacial score (nSPS) is 11.8. The number of hydrogen-bond acceptors (Lipinski definition) is 3. The van der Waals surface area contributed by atoms with E-state index in [1.54, 1.807) is 13.1 Å². The van der Waals surface area contributed by atoms with Gasteiger partial charge in [0.2, 0.25) is 0 Å². The second-order valence-electron chi connectivity index (χ2n) is 4.44. The first-order valence-electron chi connectivity index (χ1n) is 4.64. The van der Waals surface area contributed by atoms with Gasteiger partial charge in [0.25, 0.3) is 5.56 Å². The van der Waals surface area contributed by atoms with Crippen LogP contribution >= 0.6 is 0 Å². The molecule has 1 heterocycles. The minimum atomic E-state index is -0.111. The molecule has 0 aromatic carbocycles. The van der Waals surface area contributed by atoms with Crippen LogP contribution in [0.25, 0.3) is 0 Å². The fourth-order valence-corrected chi connectivity index (χ4v) is 1.18. The van der Waals surface area contributed by atoms with E-state index >= 15 is 0 Å². The first kappa shape index (κ1) is 10.9. The van der Waals surface area contributed by atoms with Crippen molar-refractivity contribution in [2.45, 2.75) is 32.7 Å². The maximum Gasteiger partial charge on any atom is 0.270 e. The standard InChI is InChI=1S/C10H17N3O/c1-10(2,3)8-5-7(6-11)9(14)13(4)12-8/h5H,6,11H2,1-4H3. The van der Waals surface area contributed by atoms with Crippen molar-refractivity contribution in [3.05, 3.63) is 27.7 Å². The van der Waals surface area contributed by atoms with E-state index in [4.69, 9.17) is 5.73 Å². The summed E-state index contributed by atoms with van der Waals surface area (Å²) in [5, 5.41) is 4.20. The van der Waals surface area contributed by atoms with Crippen molar-refractivity contribution in [1.29, 1.82) is 0 Å². The van der Waals surface area contributed by atoms with Crippen LogP contribution in [0, 0.1) is 0 Å². The molecule has 0 aliphatic heterocycles.